The molecule has 1 aromatic rings. The van der Waals surface area contributed by atoms with Gasteiger partial charge in [0, 0.05) is 18.2 Å². The third kappa shape index (κ3) is 5.84. The van der Waals surface area contributed by atoms with Crippen LogP contribution in [0.3, 0.4) is 0 Å². The topological polar surface area (TPSA) is 34.2 Å². The zero-order valence-corrected chi connectivity index (χ0v) is 14.2. The molecular weight excluding hydrogens is 284 g/mol. The van der Waals surface area contributed by atoms with Gasteiger partial charge in [0.05, 0.1) is 17.3 Å². The van der Waals surface area contributed by atoms with Gasteiger partial charge in [-0.2, -0.15) is 0 Å². The van der Waals surface area contributed by atoms with Crippen molar-refractivity contribution in [2.24, 2.45) is 5.92 Å². The maximum atomic E-state index is 6.22. The minimum Gasteiger partial charge on any atom is -0.477 e. The van der Waals surface area contributed by atoms with Crippen LogP contribution in [-0.2, 0) is 6.54 Å². The van der Waals surface area contributed by atoms with Crippen LogP contribution in [0, 0.1) is 5.92 Å². The van der Waals surface area contributed by atoms with Crippen LogP contribution in [0.1, 0.15) is 58.6 Å². The van der Waals surface area contributed by atoms with Gasteiger partial charge in [0.25, 0.3) is 0 Å². The number of aromatic nitrogens is 1. The van der Waals surface area contributed by atoms with E-state index in [2.05, 4.69) is 31.1 Å². The van der Waals surface area contributed by atoms with Gasteiger partial charge in [-0.1, -0.05) is 30.9 Å². The highest BCUT2D eigenvalue weighted by molar-refractivity contribution is 6.31. The number of halogens is 1. The number of nitrogens with one attached hydrogen (secondary N) is 1. The molecule has 0 aliphatic heterocycles. The van der Waals surface area contributed by atoms with E-state index in [1.165, 1.54) is 32.1 Å². The number of ether oxygens (including phenoxy) is 1. The Hall–Kier alpha value is -0.800. The Balaban J connectivity index is 1.91. The lowest BCUT2D eigenvalue weighted by Gasteiger charge is -2.22. The summed E-state index contributed by atoms with van der Waals surface area (Å²) in [4.78, 5) is 4.54. The van der Waals surface area contributed by atoms with Crippen molar-refractivity contribution in [2.45, 2.75) is 65.0 Å². The summed E-state index contributed by atoms with van der Waals surface area (Å²) < 4.78 is 5.88. The largest absolute Gasteiger partial charge is 0.477 e. The van der Waals surface area contributed by atoms with Gasteiger partial charge in [-0.05, 0) is 45.6 Å². The first-order valence-electron chi connectivity index (χ1n) is 7.97. The smallest absolute Gasteiger partial charge is 0.213 e. The summed E-state index contributed by atoms with van der Waals surface area (Å²) in [7, 11) is 0. The van der Waals surface area contributed by atoms with E-state index in [4.69, 9.17) is 16.3 Å². The van der Waals surface area contributed by atoms with E-state index in [0.717, 1.165) is 12.3 Å². The molecule has 4 heteroatoms. The summed E-state index contributed by atoms with van der Waals surface area (Å²) in [6.45, 7) is 7.82. The molecule has 1 heterocycles. The van der Waals surface area contributed by atoms with Crippen LogP contribution in [0.15, 0.2) is 12.1 Å². The SMILES string of the molecule is CC(C)(C)NCc1nc(OCC2CCCCC2)ccc1Cl. The van der Waals surface area contributed by atoms with Crippen LogP contribution in [0.5, 0.6) is 5.88 Å². The van der Waals surface area contributed by atoms with Crippen LogP contribution in [0.25, 0.3) is 0 Å². The first kappa shape index (κ1) is 16.6. The summed E-state index contributed by atoms with van der Waals surface area (Å²) in [5.74, 6) is 1.38. The van der Waals surface area contributed by atoms with Crippen molar-refractivity contribution in [2.75, 3.05) is 6.61 Å². The molecule has 0 radical (unpaired) electrons. The summed E-state index contributed by atoms with van der Waals surface area (Å²) in [6.07, 6.45) is 6.61. The van der Waals surface area contributed by atoms with Gasteiger partial charge in [0.15, 0.2) is 0 Å². The predicted molar refractivity (Wildman–Crippen MR) is 87.9 cm³/mol. The molecule has 0 bridgehead atoms. The number of hydrogen-bond donors (Lipinski definition) is 1. The Morgan fingerprint density at radius 2 is 1.95 bits per heavy atom. The fourth-order valence-electron chi connectivity index (χ4n) is 2.57. The fourth-order valence-corrected chi connectivity index (χ4v) is 2.75. The van der Waals surface area contributed by atoms with E-state index in [0.29, 0.717) is 23.4 Å². The summed E-state index contributed by atoms with van der Waals surface area (Å²) in [5, 5.41) is 4.10. The van der Waals surface area contributed by atoms with Crippen LogP contribution in [0.4, 0.5) is 0 Å². The molecule has 1 fully saturated rings. The van der Waals surface area contributed by atoms with Gasteiger partial charge >= 0.3 is 0 Å². The highest BCUT2D eigenvalue weighted by Gasteiger charge is 2.15. The van der Waals surface area contributed by atoms with E-state index >= 15 is 0 Å². The third-order valence-electron chi connectivity index (χ3n) is 3.87. The lowest BCUT2D eigenvalue weighted by atomic mass is 9.90. The molecule has 1 aliphatic carbocycles. The van der Waals surface area contributed by atoms with Gasteiger partial charge in [-0.25, -0.2) is 4.98 Å². The van der Waals surface area contributed by atoms with Gasteiger partial charge < -0.3 is 10.1 Å². The quantitative estimate of drug-likeness (QED) is 0.864. The van der Waals surface area contributed by atoms with Crippen molar-refractivity contribution < 1.29 is 4.74 Å². The molecule has 21 heavy (non-hydrogen) atoms. The highest BCUT2D eigenvalue weighted by atomic mass is 35.5. The molecule has 0 amide bonds. The van der Waals surface area contributed by atoms with Crippen molar-refractivity contribution in [1.29, 1.82) is 0 Å². The molecule has 3 nitrogen and oxygen atoms in total. The van der Waals surface area contributed by atoms with Gasteiger partial charge in [0.2, 0.25) is 5.88 Å². The molecule has 0 spiro atoms. The molecule has 0 aromatic carbocycles. The minimum atomic E-state index is 0.0456. The number of hydrogen-bond acceptors (Lipinski definition) is 3. The Kier molecular flexibility index (Phi) is 5.88. The fraction of sp³-hybridized carbons (Fsp3) is 0.706. The summed E-state index contributed by atoms with van der Waals surface area (Å²) in [6, 6.07) is 3.75. The Labute approximate surface area is 133 Å². The number of pyridine rings is 1. The van der Waals surface area contributed by atoms with E-state index < -0.39 is 0 Å². The molecule has 0 unspecified atom stereocenters. The van der Waals surface area contributed by atoms with E-state index in [-0.39, 0.29) is 5.54 Å². The molecular formula is C17H27ClN2O. The molecule has 0 saturated heterocycles. The average Bonchev–Trinajstić information content (AvgIpc) is 2.45. The Bertz CT molecular complexity index is 451. The first-order chi connectivity index (χ1) is 9.94. The van der Waals surface area contributed by atoms with Crippen molar-refractivity contribution in [3.05, 3.63) is 22.8 Å². The number of nitrogens with zero attached hydrogens (tertiary/aromatic N) is 1. The molecule has 118 valence electrons. The maximum Gasteiger partial charge on any atom is 0.213 e. The monoisotopic (exact) mass is 310 g/mol. The van der Waals surface area contributed by atoms with Crippen molar-refractivity contribution >= 4 is 11.6 Å². The Morgan fingerprint density at radius 1 is 1.24 bits per heavy atom. The lowest BCUT2D eigenvalue weighted by Crippen LogP contribution is -2.35. The van der Waals surface area contributed by atoms with Crippen molar-refractivity contribution in [3.8, 4) is 5.88 Å². The highest BCUT2D eigenvalue weighted by Crippen LogP contribution is 2.25. The second-order valence-corrected chi connectivity index (χ2v) is 7.40. The van der Waals surface area contributed by atoms with Gasteiger partial charge in [0.1, 0.15) is 0 Å². The normalized spacial score (nSPS) is 17.0. The summed E-state index contributed by atoms with van der Waals surface area (Å²) >= 11 is 6.22. The number of rotatable bonds is 5. The average molecular weight is 311 g/mol. The van der Waals surface area contributed by atoms with Crippen LogP contribution >= 0.6 is 11.6 Å². The molecule has 1 aromatic heterocycles. The van der Waals surface area contributed by atoms with Crippen LogP contribution < -0.4 is 10.1 Å². The van der Waals surface area contributed by atoms with Crippen LogP contribution in [0.2, 0.25) is 5.02 Å². The zero-order chi connectivity index (χ0) is 15.3. The molecule has 1 aliphatic rings. The van der Waals surface area contributed by atoms with Crippen LogP contribution in [-0.4, -0.2) is 17.1 Å². The minimum absolute atomic E-state index is 0.0456. The summed E-state index contributed by atoms with van der Waals surface area (Å²) in [5.41, 5.74) is 0.900. The van der Waals surface area contributed by atoms with Crippen molar-refractivity contribution in [1.82, 2.24) is 10.3 Å². The standard InChI is InChI=1S/C17H27ClN2O/c1-17(2,3)19-11-15-14(18)9-10-16(20-15)21-12-13-7-5-4-6-8-13/h9-10,13,19H,4-8,11-12H2,1-3H3. The maximum absolute atomic E-state index is 6.22. The zero-order valence-electron chi connectivity index (χ0n) is 13.4. The van der Waals surface area contributed by atoms with Gasteiger partial charge in [-0.15, -0.1) is 0 Å². The predicted octanol–water partition coefficient (Wildman–Crippen LogP) is 4.58. The molecule has 2 rings (SSSR count). The molecule has 0 atom stereocenters. The third-order valence-corrected chi connectivity index (χ3v) is 4.22. The van der Waals surface area contributed by atoms with E-state index in [9.17, 15) is 0 Å². The second kappa shape index (κ2) is 7.46. The lowest BCUT2D eigenvalue weighted by molar-refractivity contribution is 0.202. The van der Waals surface area contributed by atoms with Gasteiger partial charge in [-0.3, -0.25) is 0 Å². The Morgan fingerprint density at radius 3 is 2.62 bits per heavy atom. The second-order valence-electron chi connectivity index (χ2n) is 7.00. The van der Waals surface area contributed by atoms with E-state index in [1.807, 2.05) is 12.1 Å². The van der Waals surface area contributed by atoms with E-state index in [1.54, 1.807) is 0 Å². The molecule has 1 saturated carbocycles. The van der Waals surface area contributed by atoms with Crippen molar-refractivity contribution in [3.63, 3.8) is 0 Å². The molecule has 1 N–H and O–H groups in total. The first-order valence-corrected chi connectivity index (χ1v) is 8.35.